The summed E-state index contributed by atoms with van der Waals surface area (Å²) in [4.78, 5) is 0. The molecule has 1 aromatic rings. The summed E-state index contributed by atoms with van der Waals surface area (Å²) in [7, 11) is 0. The van der Waals surface area contributed by atoms with Crippen molar-refractivity contribution < 1.29 is 15.3 Å². The first kappa shape index (κ1) is 16.9. The van der Waals surface area contributed by atoms with E-state index in [4.69, 9.17) is 5.11 Å². The van der Waals surface area contributed by atoms with Crippen LogP contribution < -0.4 is 0 Å². The molecule has 0 bridgehead atoms. The maximum absolute atomic E-state index is 10.4. The minimum atomic E-state index is -0.612. The van der Waals surface area contributed by atoms with Crippen LogP contribution in [0.2, 0.25) is 0 Å². The maximum atomic E-state index is 10.4. The smallest absolute Gasteiger partial charge is 0.0656 e. The molecule has 0 saturated carbocycles. The van der Waals surface area contributed by atoms with E-state index >= 15 is 0 Å². The minimum Gasteiger partial charge on any atom is -0.393 e. The van der Waals surface area contributed by atoms with Gasteiger partial charge in [-0.05, 0) is 25.0 Å². The van der Waals surface area contributed by atoms with Crippen molar-refractivity contribution in [1.82, 2.24) is 0 Å². The first-order valence-electron chi connectivity index (χ1n) is 7.12. The third-order valence-corrected chi connectivity index (χ3v) is 3.95. The molecule has 0 spiro atoms. The molecule has 0 radical (unpaired) electrons. The Balaban J connectivity index is 3.08. The molecule has 0 aliphatic carbocycles. The van der Waals surface area contributed by atoms with E-state index in [1.807, 2.05) is 45.0 Å². The van der Waals surface area contributed by atoms with Gasteiger partial charge in [-0.2, -0.15) is 0 Å². The second kappa shape index (κ2) is 7.58. The molecule has 0 fully saturated rings. The highest BCUT2D eigenvalue weighted by atomic mass is 16.3. The quantitative estimate of drug-likeness (QED) is 0.749. The Kier molecular flexibility index (Phi) is 6.40. The third-order valence-electron chi connectivity index (χ3n) is 3.95. The van der Waals surface area contributed by atoms with Gasteiger partial charge in [-0.1, -0.05) is 49.8 Å². The number of aliphatic hydroxyl groups excluding tert-OH is 3. The predicted molar refractivity (Wildman–Crippen MR) is 82.6 cm³/mol. The number of aryl methyl sites for hydroxylation is 1. The Morgan fingerprint density at radius 3 is 2.35 bits per heavy atom. The fourth-order valence-corrected chi connectivity index (χ4v) is 2.36. The lowest BCUT2D eigenvalue weighted by molar-refractivity contribution is 0.0190. The minimum absolute atomic E-state index is 0.00556. The van der Waals surface area contributed by atoms with Crippen molar-refractivity contribution in [3.8, 4) is 0 Å². The topological polar surface area (TPSA) is 60.7 Å². The first-order valence-corrected chi connectivity index (χ1v) is 7.12. The second-order valence-electron chi connectivity index (χ2n) is 5.60. The molecule has 112 valence electrons. The van der Waals surface area contributed by atoms with Gasteiger partial charge in [0.1, 0.15) is 0 Å². The summed E-state index contributed by atoms with van der Waals surface area (Å²) in [6.45, 7) is 7.52. The fraction of sp³-hybridized carbons (Fsp3) is 0.529. The summed E-state index contributed by atoms with van der Waals surface area (Å²) < 4.78 is 0. The normalized spacial score (nSPS) is 17.9. The first-order chi connectivity index (χ1) is 9.38. The van der Waals surface area contributed by atoms with Crippen molar-refractivity contribution in [2.75, 3.05) is 6.61 Å². The summed E-state index contributed by atoms with van der Waals surface area (Å²) in [5.41, 5.74) is 3.17. The van der Waals surface area contributed by atoms with Gasteiger partial charge in [0.2, 0.25) is 0 Å². The maximum Gasteiger partial charge on any atom is 0.0656 e. The zero-order chi connectivity index (χ0) is 15.3. The van der Waals surface area contributed by atoms with Gasteiger partial charge in [0.15, 0.2) is 0 Å². The van der Waals surface area contributed by atoms with Crippen LogP contribution in [0, 0.1) is 12.8 Å². The Labute approximate surface area is 121 Å². The van der Waals surface area contributed by atoms with E-state index in [0.29, 0.717) is 0 Å². The van der Waals surface area contributed by atoms with Crippen molar-refractivity contribution in [2.24, 2.45) is 5.92 Å². The molecule has 3 heteroatoms. The van der Waals surface area contributed by atoms with Crippen molar-refractivity contribution in [1.29, 1.82) is 0 Å². The lowest BCUT2D eigenvalue weighted by atomic mass is 9.83. The Bertz CT molecular complexity index is 452. The van der Waals surface area contributed by atoms with Crippen LogP contribution in [-0.2, 0) is 0 Å². The van der Waals surface area contributed by atoms with Crippen LogP contribution in [0.3, 0.4) is 0 Å². The summed E-state index contributed by atoms with van der Waals surface area (Å²) in [5, 5.41) is 29.0. The SMILES string of the molecule is Cc1ccc([C@H](C)[C@H](O)[C@H](C)[C@H](C)O)c(/C=C\CO)c1. The van der Waals surface area contributed by atoms with Crippen LogP contribution >= 0.6 is 0 Å². The average Bonchev–Trinajstić information content (AvgIpc) is 2.42. The summed E-state index contributed by atoms with van der Waals surface area (Å²) in [5.74, 6) is -0.278. The van der Waals surface area contributed by atoms with Crippen molar-refractivity contribution in [3.05, 3.63) is 41.0 Å². The van der Waals surface area contributed by atoms with Crippen LogP contribution in [0.5, 0.6) is 0 Å². The molecule has 0 unspecified atom stereocenters. The highest BCUT2D eigenvalue weighted by molar-refractivity contribution is 5.56. The molecule has 0 aliphatic rings. The van der Waals surface area contributed by atoms with E-state index in [0.717, 1.165) is 16.7 Å². The average molecular weight is 278 g/mol. The molecule has 4 atom stereocenters. The van der Waals surface area contributed by atoms with Gasteiger partial charge in [-0.25, -0.2) is 0 Å². The van der Waals surface area contributed by atoms with Crippen molar-refractivity contribution >= 4 is 6.08 Å². The van der Waals surface area contributed by atoms with E-state index < -0.39 is 12.2 Å². The molecular weight excluding hydrogens is 252 g/mol. The molecule has 0 saturated heterocycles. The van der Waals surface area contributed by atoms with Gasteiger partial charge < -0.3 is 15.3 Å². The van der Waals surface area contributed by atoms with E-state index in [-0.39, 0.29) is 18.4 Å². The van der Waals surface area contributed by atoms with Gasteiger partial charge in [0.05, 0.1) is 18.8 Å². The molecular formula is C17H26O3. The van der Waals surface area contributed by atoms with Gasteiger partial charge >= 0.3 is 0 Å². The predicted octanol–water partition coefficient (Wildman–Crippen LogP) is 2.48. The molecule has 20 heavy (non-hydrogen) atoms. The number of hydrogen-bond donors (Lipinski definition) is 3. The molecule has 0 amide bonds. The number of aliphatic hydroxyl groups is 3. The number of benzene rings is 1. The highest BCUT2D eigenvalue weighted by Crippen LogP contribution is 2.29. The highest BCUT2D eigenvalue weighted by Gasteiger charge is 2.26. The molecule has 3 N–H and O–H groups in total. The molecule has 0 aliphatic heterocycles. The third kappa shape index (κ3) is 4.17. The van der Waals surface area contributed by atoms with E-state index in [2.05, 4.69) is 0 Å². The second-order valence-corrected chi connectivity index (χ2v) is 5.60. The molecule has 1 rings (SSSR count). The van der Waals surface area contributed by atoms with Crippen LogP contribution in [0.15, 0.2) is 24.3 Å². The molecule has 0 aromatic heterocycles. The number of rotatable bonds is 6. The van der Waals surface area contributed by atoms with Crippen LogP contribution in [0.4, 0.5) is 0 Å². The fourth-order valence-electron chi connectivity index (χ4n) is 2.36. The van der Waals surface area contributed by atoms with E-state index in [1.165, 1.54) is 0 Å². The monoisotopic (exact) mass is 278 g/mol. The summed E-state index contributed by atoms with van der Waals surface area (Å²) >= 11 is 0. The Morgan fingerprint density at radius 1 is 1.15 bits per heavy atom. The van der Waals surface area contributed by atoms with Gasteiger partial charge in [0, 0.05) is 11.8 Å². The van der Waals surface area contributed by atoms with E-state index in [9.17, 15) is 10.2 Å². The van der Waals surface area contributed by atoms with Crippen LogP contribution in [-0.4, -0.2) is 34.1 Å². The van der Waals surface area contributed by atoms with Crippen molar-refractivity contribution in [2.45, 2.75) is 45.8 Å². The van der Waals surface area contributed by atoms with Gasteiger partial charge in [-0.3, -0.25) is 0 Å². The zero-order valence-electron chi connectivity index (χ0n) is 12.7. The lowest BCUT2D eigenvalue weighted by Crippen LogP contribution is -2.31. The lowest BCUT2D eigenvalue weighted by Gasteiger charge is -2.28. The zero-order valence-corrected chi connectivity index (χ0v) is 12.7. The molecule has 0 heterocycles. The number of hydrogen-bond acceptors (Lipinski definition) is 3. The molecule has 1 aromatic carbocycles. The Hall–Kier alpha value is -1.16. The largest absolute Gasteiger partial charge is 0.393 e. The van der Waals surface area contributed by atoms with Crippen LogP contribution in [0.1, 0.15) is 43.4 Å². The summed E-state index contributed by atoms with van der Waals surface area (Å²) in [6, 6.07) is 6.06. The Morgan fingerprint density at radius 2 is 1.80 bits per heavy atom. The molecule has 3 nitrogen and oxygen atoms in total. The van der Waals surface area contributed by atoms with E-state index in [1.54, 1.807) is 13.0 Å². The van der Waals surface area contributed by atoms with Crippen LogP contribution in [0.25, 0.3) is 6.08 Å². The van der Waals surface area contributed by atoms with Gasteiger partial charge in [-0.15, -0.1) is 0 Å². The van der Waals surface area contributed by atoms with Gasteiger partial charge in [0.25, 0.3) is 0 Å². The van der Waals surface area contributed by atoms with Crippen molar-refractivity contribution in [3.63, 3.8) is 0 Å². The standard InChI is InChI=1S/C17H26O3/c1-11-7-8-16(15(10-11)6-5-9-18)13(3)17(20)12(2)14(4)19/h5-8,10,12-14,17-20H,9H2,1-4H3/b6-5-/t12-,13+,14+,17-/m1/s1. The summed E-state index contributed by atoms with van der Waals surface area (Å²) in [6.07, 6.45) is 2.40.